The minimum atomic E-state index is -0.0328. The molecule has 1 aliphatic heterocycles. The van der Waals surface area contributed by atoms with Crippen LogP contribution in [-0.2, 0) is 9.47 Å². The van der Waals surface area contributed by atoms with Crippen LogP contribution in [0.25, 0.3) is 0 Å². The molecular weight excluding hydrogens is 214 g/mol. The number of ether oxygens (including phenoxy) is 2. The van der Waals surface area contributed by atoms with E-state index in [2.05, 4.69) is 33.0 Å². The van der Waals surface area contributed by atoms with Crippen LogP contribution in [0.4, 0.5) is 0 Å². The summed E-state index contributed by atoms with van der Waals surface area (Å²) >= 11 is 0. The van der Waals surface area contributed by atoms with E-state index in [0.29, 0.717) is 5.41 Å². The molecule has 0 bridgehead atoms. The first kappa shape index (κ1) is 14.9. The predicted octanol–water partition coefficient (Wildman–Crippen LogP) is 2.60. The minimum Gasteiger partial charge on any atom is -0.381 e. The van der Waals surface area contributed by atoms with Crippen molar-refractivity contribution in [2.45, 2.75) is 52.6 Å². The number of hydrogen-bond donors (Lipinski definition) is 1. The van der Waals surface area contributed by atoms with Gasteiger partial charge in [-0.1, -0.05) is 6.92 Å². The van der Waals surface area contributed by atoms with Crippen molar-refractivity contribution in [3.05, 3.63) is 0 Å². The van der Waals surface area contributed by atoms with E-state index >= 15 is 0 Å². The SMILES string of the molecule is CCNCC1(CCOC(C)(C)C)CCCOC1. The summed E-state index contributed by atoms with van der Waals surface area (Å²) in [4.78, 5) is 0. The van der Waals surface area contributed by atoms with Crippen molar-refractivity contribution in [1.82, 2.24) is 5.32 Å². The molecule has 3 nitrogen and oxygen atoms in total. The fourth-order valence-corrected chi connectivity index (χ4v) is 2.30. The predicted molar refractivity (Wildman–Crippen MR) is 71.4 cm³/mol. The molecule has 0 spiro atoms. The summed E-state index contributed by atoms with van der Waals surface area (Å²) in [7, 11) is 0. The van der Waals surface area contributed by atoms with Crippen LogP contribution in [0.1, 0.15) is 47.0 Å². The van der Waals surface area contributed by atoms with Crippen LogP contribution in [0.3, 0.4) is 0 Å². The summed E-state index contributed by atoms with van der Waals surface area (Å²) in [5, 5.41) is 3.47. The zero-order valence-corrected chi connectivity index (χ0v) is 12.0. The Bertz CT molecular complexity index is 205. The molecule has 1 rings (SSSR count). The smallest absolute Gasteiger partial charge is 0.0598 e. The van der Waals surface area contributed by atoms with E-state index < -0.39 is 0 Å². The lowest BCUT2D eigenvalue weighted by atomic mass is 9.79. The fraction of sp³-hybridized carbons (Fsp3) is 1.00. The third kappa shape index (κ3) is 5.84. The van der Waals surface area contributed by atoms with Gasteiger partial charge >= 0.3 is 0 Å². The molecule has 0 amide bonds. The molecule has 1 fully saturated rings. The normalized spacial score (nSPS) is 26.1. The van der Waals surface area contributed by atoms with Crippen molar-refractivity contribution in [3.8, 4) is 0 Å². The Labute approximate surface area is 106 Å². The Balaban J connectivity index is 2.40. The summed E-state index contributed by atoms with van der Waals surface area (Å²) < 4.78 is 11.5. The highest BCUT2D eigenvalue weighted by Crippen LogP contribution is 2.32. The van der Waals surface area contributed by atoms with Crippen molar-refractivity contribution in [3.63, 3.8) is 0 Å². The van der Waals surface area contributed by atoms with Crippen LogP contribution in [0.2, 0.25) is 0 Å². The largest absolute Gasteiger partial charge is 0.381 e. The summed E-state index contributed by atoms with van der Waals surface area (Å²) in [5.41, 5.74) is 0.258. The van der Waals surface area contributed by atoms with Crippen molar-refractivity contribution in [2.24, 2.45) is 5.41 Å². The van der Waals surface area contributed by atoms with E-state index in [1.54, 1.807) is 0 Å². The molecule has 3 heteroatoms. The van der Waals surface area contributed by atoms with Crippen LogP contribution in [0.5, 0.6) is 0 Å². The Kier molecular flexibility index (Phi) is 5.90. The molecule has 1 unspecified atom stereocenters. The van der Waals surface area contributed by atoms with E-state index in [-0.39, 0.29) is 5.60 Å². The standard InChI is InChI=1S/C14H29NO2/c1-5-15-11-14(7-6-9-16-12-14)8-10-17-13(2,3)4/h15H,5-12H2,1-4H3. The van der Waals surface area contributed by atoms with Gasteiger partial charge in [-0.3, -0.25) is 0 Å². The molecule has 0 radical (unpaired) electrons. The van der Waals surface area contributed by atoms with E-state index in [9.17, 15) is 0 Å². The number of rotatable bonds is 6. The van der Waals surface area contributed by atoms with Crippen molar-refractivity contribution in [2.75, 3.05) is 32.9 Å². The molecular formula is C14H29NO2. The van der Waals surface area contributed by atoms with Gasteiger partial charge in [0.15, 0.2) is 0 Å². The van der Waals surface area contributed by atoms with Gasteiger partial charge in [-0.2, -0.15) is 0 Å². The van der Waals surface area contributed by atoms with Crippen LogP contribution in [0.15, 0.2) is 0 Å². The molecule has 0 saturated carbocycles. The zero-order chi connectivity index (χ0) is 12.8. The lowest BCUT2D eigenvalue weighted by Crippen LogP contribution is -2.42. The molecule has 0 aromatic heterocycles. The first-order valence-electron chi connectivity index (χ1n) is 6.90. The Hall–Kier alpha value is -0.120. The van der Waals surface area contributed by atoms with Crippen LogP contribution >= 0.6 is 0 Å². The monoisotopic (exact) mass is 243 g/mol. The van der Waals surface area contributed by atoms with E-state index in [0.717, 1.165) is 39.3 Å². The molecule has 1 saturated heterocycles. The van der Waals surface area contributed by atoms with Gasteiger partial charge in [0.2, 0.25) is 0 Å². The highest BCUT2D eigenvalue weighted by atomic mass is 16.5. The van der Waals surface area contributed by atoms with Gasteiger partial charge in [0.25, 0.3) is 0 Å². The van der Waals surface area contributed by atoms with Crippen molar-refractivity contribution >= 4 is 0 Å². The second-order valence-electron chi connectivity index (χ2n) is 6.15. The lowest BCUT2D eigenvalue weighted by Gasteiger charge is -2.38. The molecule has 1 aliphatic rings. The maximum atomic E-state index is 5.85. The highest BCUT2D eigenvalue weighted by molar-refractivity contribution is 4.84. The number of hydrogen-bond acceptors (Lipinski definition) is 3. The second kappa shape index (κ2) is 6.72. The molecule has 1 N–H and O–H groups in total. The fourth-order valence-electron chi connectivity index (χ4n) is 2.30. The van der Waals surface area contributed by atoms with Crippen molar-refractivity contribution < 1.29 is 9.47 Å². The third-order valence-electron chi connectivity index (χ3n) is 3.32. The van der Waals surface area contributed by atoms with E-state index in [4.69, 9.17) is 9.47 Å². The molecule has 0 aromatic carbocycles. The van der Waals surface area contributed by atoms with Gasteiger partial charge in [0.1, 0.15) is 0 Å². The molecule has 0 aromatic rings. The first-order valence-corrected chi connectivity index (χ1v) is 6.90. The van der Waals surface area contributed by atoms with Gasteiger partial charge in [-0.25, -0.2) is 0 Å². The highest BCUT2D eigenvalue weighted by Gasteiger charge is 2.32. The van der Waals surface area contributed by atoms with Gasteiger partial charge in [-0.05, 0) is 46.6 Å². The average molecular weight is 243 g/mol. The first-order chi connectivity index (χ1) is 7.97. The van der Waals surface area contributed by atoms with Crippen LogP contribution in [-0.4, -0.2) is 38.5 Å². The average Bonchev–Trinajstić information content (AvgIpc) is 2.26. The summed E-state index contributed by atoms with van der Waals surface area (Å²) in [5.74, 6) is 0. The Morgan fingerprint density at radius 3 is 2.65 bits per heavy atom. The molecule has 17 heavy (non-hydrogen) atoms. The zero-order valence-electron chi connectivity index (χ0n) is 12.0. The lowest BCUT2D eigenvalue weighted by molar-refractivity contribution is -0.0550. The van der Waals surface area contributed by atoms with Crippen LogP contribution < -0.4 is 5.32 Å². The van der Waals surface area contributed by atoms with Gasteiger partial charge in [-0.15, -0.1) is 0 Å². The van der Waals surface area contributed by atoms with Crippen LogP contribution in [0, 0.1) is 5.41 Å². The molecule has 0 aliphatic carbocycles. The molecule has 102 valence electrons. The van der Waals surface area contributed by atoms with Gasteiger partial charge < -0.3 is 14.8 Å². The molecule has 1 heterocycles. The number of nitrogens with one attached hydrogen (secondary N) is 1. The third-order valence-corrected chi connectivity index (χ3v) is 3.32. The van der Waals surface area contributed by atoms with Gasteiger partial charge in [0.05, 0.1) is 12.2 Å². The summed E-state index contributed by atoms with van der Waals surface area (Å²) in [6.07, 6.45) is 3.53. The quantitative estimate of drug-likeness (QED) is 0.778. The summed E-state index contributed by atoms with van der Waals surface area (Å²) in [6, 6.07) is 0. The Morgan fingerprint density at radius 1 is 1.35 bits per heavy atom. The van der Waals surface area contributed by atoms with E-state index in [1.165, 1.54) is 12.8 Å². The maximum absolute atomic E-state index is 5.85. The Morgan fingerprint density at radius 2 is 2.12 bits per heavy atom. The molecule has 1 atom stereocenters. The van der Waals surface area contributed by atoms with E-state index in [1.807, 2.05) is 0 Å². The topological polar surface area (TPSA) is 30.5 Å². The minimum absolute atomic E-state index is 0.0328. The maximum Gasteiger partial charge on any atom is 0.0598 e. The second-order valence-corrected chi connectivity index (χ2v) is 6.15. The summed E-state index contributed by atoms with van der Waals surface area (Å²) in [6.45, 7) is 13.2. The van der Waals surface area contributed by atoms with Crippen molar-refractivity contribution in [1.29, 1.82) is 0 Å². The van der Waals surface area contributed by atoms with Gasteiger partial charge in [0, 0.05) is 25.2 Å².